The number of carbonyl (C=O) groups is 1. The summed E-state index contributed by atoms with van der Waals surface area (Å²) >= 11 is 2.55. The summed E-state index contributed by atoms with van der Waals surface area (Å²) in [6.45, 7) is 0.926. The van der Waals surface area contributed by atoms with E-state index in [4.69, 9.17) is 4.74 Å². The Morgan fingerprint density at radius 3 is 2.87 bits per heavy atom. The number of benzene rings is 1. The van der Waals surface area contributed by atoms with Crippen molar-refractivity contribution in [3.05, 3.63) is 51.5 Å². The smallest absolute Gasteiger partial charge is 0.356 e. The molecule has 1 aliphatic heterocycles. The van der Waals surface area contributed by atoms with Crippen LogP contribution < -0.4 is 10.2 Å². The molecule has 1 aliphatic rings. The summed E-state index contributed by atoms with van der Waals surface area (Å²) in [7, 11) is 1.91. The topological polar surface area (TPSA) is 54.5 Å². The van der Waals surface area contributed by atoms with Crippen molar-refractivity contribution in [1.29, 1.82) is 0 Å². The highest BCUT2D eigenvalue weighted by molar-refractivity contribution is 7.14. The van der Waals surface area contributed by atoms with Crippen molar-refractivity contribution in [3.63, 3.8) is 0 Å². The summed E-state index contributed by atoms with van der Waals surface area (Å²) in [5.41, 5.74) is 0.220. The second kappa shape index (κ2) is 7.97. The number of anilines is 2. The Labute approximate surface area is 176 Å². The molecular formula is C19H15F4N3O2S2. The first-order valence-corrected chi connectivity index (χ1v) is 10.5. The zero-order valence-electron chi connectivity index (χ0n) is 15.5. The number of fused-ring (bicyclic) bond motifs is 1. The predicted molar refractivity (Wildman–Crippen MR) is 107 cm³/mol. The number of thiazole rings is 1. The quantitative estimate of drug-likeness (QED) is 0.552. The van der Waals surface area contributed by atoms with Gasteiger partial charge in [0, 0.05) is 23.6 Å². The maximum absolute atomic E-state index is 14.3. The Kier molecular flexibility index (Phi) is 5.51. The van der Waals surface area contributed by atoms with Gasteiger partial charge in [0.05, 0.1) is 29.3 Å². The molecule has 1 amide bonds. The van der Waals surface area contributed by atoms with Crippen molar-refractivity contribution in [2.45, 2.75) is 19.2 Å². The monoisotopic (exact) mass is 457 g/mol. The van der Waals surface area contributed by atoms with Crippen LogP contribution in [0.3, 0.4) is 0 Å². The standard InChI is InChI=1S/C19H15F4N3O2S2/c1-26-9-28-6-12-10(7-29-17(12)26)5-15(27)25-18-24-14(8-30-18)11-3-2-4-13(16(11)20)19(21,22)23/h2-4,7-8H,5-6,9H2,1H3,(H,24,25,27). The fourth-order valence-corrected chi connectivity index (χ4v) is 4.88. The number of thiophene rings is 1. The van der Waals surface area contributed by atoms with Crippen LogP contribution in [0.4, 0.5) is 27.7 Å². The Hall–Kier alpha value is -2.50. The van der Waals surface area contributed by atoms with Gasteiger partial charge in [0.2, 0.25) is 5.91 Å². The molecule has 4 rings (SSSR count). The van der Waals surface area contributed by atoms with Crippen LogP contribution in [0.25, 0.3) is 11.3 Å². The third-order valence-electron chi connectivity index (χ3n) is 4.52. The van der Waals surface area contributed by atoms with Gasteiger partial charge in [0.15, 0.2) is 5.13 Å². The summed E-state index contributed by atoms with van der Waals surface area (Å²) < 4.78 is 58.6. The summed E-state index contributed by atoms with van der Waals surface area (Å²) in [5.74, 6) is -1.71. The molecule has 0 radical (unpaired) electrons. The van der Waals surface area contributed by atoms with E-state index in [1.807, 2.05) is 17.3 Å². The lowest BCUT2D eigenvalue weighted by Crippen LogP contribution is -2.26. The van der Waals surface area contributed by atoms with Crippen LogP contribution in [-0.4, -0.2) is 24.7 Å². The molecule has 1 aromatic carbocycles. The van der Waals surface area contributed by atoms with Gasteiger partial charge < -0.3 is 15.0 Å². The predicted octanol–water partition coefficient (Wildman–Crippen LogP) is 5.13. The van der Waals surface area contributed by atoms with Crippen LogP contribution in [0, 0.1) is 5.82 Å². The van der Waals surface area contributed by atoms with Crippen LogP contribution in [0.15, 0.2) is 29.0 Å². The lowest BCUT2D eigenvalue weighted by atomic mass is 10.1. The number of hydrogen-bond acceptors (Lipinski definition) is 6. The summed E-state index contributed by atoms with van der Waals surface area (Å²) in [5, 5.41) is 7.18. The lowest BCUT2D eigenvalue weighted by molar-refractivity contribution is -0.139. The number of nitrogens with one attached hydrogen (secondary N) is 1. The molecule has 3 heterocycles. The molecule has 2 aromatic heterocycles. The highest BCUT2D eigenvalue weighted by atomic mass is 32.1. The number of halogens is 4. The van der Waals surface area contributed by atoms with Gasteiger partial charge in [-0.1, -0.05) is 6.07 Å². The van der Waals surface area contributed by atoms with Gasteiger partial charge in [0.25, 0.3) is 0 Å². The lowest BCUT2D eigenvalue weighted by Gasteiger charge is -2.24. The van der Waals surface area contributed by atoms with Crippen LogP contribution in [0.5, 0.6) is 0 Å². The third-order valence-corrected chi connectivity index (χ3v) is 6.46. The SMILES string of the molecule is CN1COCc2c(CC(=O)Nc3nc(-c4cccc(C(F)(F)F)c4F)cs3)csc21. The Morgan fingerprint density at radius 1 is 1.30 bits per heavy atom. The second-order valence-electron chi connectivity index (χ2n) is 6.65. The molecule has 1 N–H and O–H groups in total. The van der Waals surface area contributed by atoms with Gasteiger partial charge in [-0.3, -0.25) is 4.79 Å². The van der Waals surface area contributed by atoms with Crippen LogP contribution in [0.2, 0.25) is 0 Å². The van der Waals surface area contributed by atoms with Crippen molar-refractivity contribution < 1.29 is 27.1 Å². The average molecular weight is 457 g/mol. The second-order valence-corrected chi connectivity index (χ2v) is 8.36. The first-order chi connectivity index (χ1) is 14.2. The van der Waals surface area contributed by atoms with Crippen LogP contribution in [0.1, 0.15) is 16.7 Å². The number of carbonyl (C=O) groups excluding carboxylic acids is 1. The highest BCUT2D eigenvalue weighted by Gasteiger charge is 2.35. The van der Waals surface area contributed by atoms with E-state index in [-0.39, 0.29) is 28.7 Å². The van der Waals surface area contributed by atoms with Gasteiger partial charge in [0.1, 0.15) is 12.5 Å². The van der Waals surface area contributed by atoms with E-state index in [1.165, 1.54) is 22.8 Å². The number of alkyl halides is 3. The molecule has 0 saturated heterocycles. The van der Waals surface area contributed by atoms with Crippen molar-refractivity contribution in [2.24, 2.45) is 0 Å². The van der Waals surface area contributed by atoms with Gasteiger partial charge in [-0.05, 0) is 23.1 Å². The van der Waals surface area contributed by atoms with Gasteiger partial charge in [-0.2, -0.15) is 13.2 Å². The third kappa shape index (κ3) is 4.05. The van der Waals surface area contributed by atoms with E-state index in [2.05, 4.69) is 10.3 Å². The first-order valence-electron chi connectivity index (χ1n) is 8.73. The minimum Gasteiger partial charge on any atom is -0.356 e. The fourth-order valence-electron chi connectivity index (χ4n) is 3.11. The van der Waals surface area contributed by atoms with Crippen molar-refractivity contribution in [2.75, 3.05) is 24.0 Å². The summed E-state index contributed by atoms with van der Waals surface area (Å²) in [6.07, 6.45) is -4.69. The maximum atomic E-state index is 14.3. The van der Waals surface area contributed by atoms with E-state index in [9.17, 15) is 22.4 Å². The average Bonchev–Trinajstić information content (AvgIpc) is 3.29. The maximum Gasteiger partial charge on any atom is 0.419 e. The van der Waals surface area contributed by atoms with Crippen molar-refractivity contribution >= 4 is 38.7 Å². The molecule has 11 heteroatoms. The van der Waals surface area contributed by atoms with Gasteiger partial charge >= 0.3 is 6.18 Å². The van der Waals surface area contributed by atoms with E-state index in [1.54, 1.807) is 0 Å². The number of amides is 1. The van der Waals surface area contributed by atoms with E-state index < -0.39 is 17.6 Å². The molecule has 158 valence electrons. The zero-order valence-corrected chi connectivity index (χ0v) is 17.2. The molecule has 0 atom stereocenters. The largest absolute Gasteiger partial charge is 0.419 e. The summed E-state index contributed by atoms with van der Waals surface area (Å²) in [6, 6.07) is 3.02. The van der Waals surface area contributed by atoms with Crippen LogP contribution >= 0.6 is 22.7 Å². The number of hydrogen-bond donors (Lipinski definition) is 1. The number of nitrogens with zero attached hydrogens (tertiary/aromatic N) is 2. The van der Waals surface area contributed by atoms with Gasteiger partial charge in [-0.25, -0.2) is 9.37 Å². The molecule has 3 aromatic rings. The Bertz CT molecular complexity index is 1090. The normalized spacial score (nSPS) is 14.0. The number of rotatable bonds is 4. The number of aromatic nitrogens is 1. The van der Waals surface area contributed by atoms with E-state index in [0.29, 0.717) is 19.4 Å². The molecule has 0 fully saturated rings. The molecule has 30 heavy (non-hydrogen) atoms. The summed E-state index contributed by atoms with van der Waals surface area (Å²) in [4.78, 5) is 18.5. The molecule has 0 saturated carbocycles. The zero-order chi connectivity index (χ0) is 21.5. The Balaban J connectivity index is 1.49. The molecule has 5 nitrogen and oxygen atoms in total. The highest BCUT2D eigenvalue weighted by Crippen LogP contribution is 2.37. The van der Waals surface area contributed by atoms with E-state index in [0.717, 1.165) is 33.5 Å². The van der Waals surface area contributed by atoms with E-state index >= 15 is 0 Å². The minimum atomic E-state index is -4.80. The number of ether oxygens (including phenoxy) is 1. The molecule has 0 unspecified atom stereocenters. The molecule has 0 bridgehead atoms. The van der Waals surface area contributed by atoms with Crippen molar-refractivity contribution in [3.8, 4) is 11.3 Å². The van der Waals surface area contributed by atoms with Crippen molar-refractivity contribution in [1.82, 2.24) is 4.98 Å². The minimum absolute atomic E-state index is 0.0295. The van der Waals surface area contributed by atoms with Gasteiger partial charge in [-0.15, -0.1) is 22.7 Å². The first kappa shape index (κ1) is 20.8. The fraction of sp³-hybridized carbons (Fsp3) is 0.263. The molecular weight excluding hydrogens is 442 g/mol. The van der Waals surface area contributed by atoms with Crippen LogP contribution in [-0.2, 0) is 28.7 Å². The molecule has 0 aliphatic carbocycles. The Morgan fingerprint density at radius 2 is 2.10 bits per heavy atom. The molecule has 0 spiro atoms.